The molecular weight excluding hydrogens is 407 g/mol. The van der Waals surface area contributed by atoms with E-state index in [1.165, 1.54) is 6.07 Å². The number of anilines is 2. The van der Waals surface area contributed by atoms with Gasteiger partial charge in [-0.25, -0.2) is 9.37 Å². The molecule has 2 aromatic carbocycles. The summed E-state index contributed by atoms with van der Waals surface area (Å²) in [6, 6.07) is 18.0. The van der Waals surface area contributed by atoms with Crippen LogP contribution in [0.15, 0.2) is 66.9 Å². The van der Waals surface area contributed by atoms with Crippen molar-refractivity contribution in [1.29, 1.82) is 0 Å². The number of nitrogens with two attached hydrogens (primary N) is 1. The van der Waals surface area contributed by atoms with Crippen molar-refractivity contribution < 1.29 is 13.9 Å². The first kappa shape index (κ1) is 20.3. The quantitative estimate of drug-likeness (QED) is 0.660. The highest BCUT2D eigenvalue weighted by Gasteiger charge is 2.53. The summed E-state index contributed by atoms with van der Waals surface area (Å²) in [5.41, 5.74) is 7.68. The van der Waals surface area contributed by atoms with E-state index in [2.05, 4.69) is 15.2 Å². The molecular formula is C25H25FN4O2. The maximum atomic E-state index is 14.0. The van der Waals surface area contributed by atoms with Gasteiger partial charge in [-0.3, -0.25) is 4.79 Å². The van der Waals surface area contributed by atoms with Gasteiger partial charge in [0.2, 0.25) is 0 Å². The molecule has 1 atom stereocenters. The number of carbonyl (C=O) groups is 1. The molecule has 1 spiro atoms. The van der Waals surface area contributed by atoms with E-state index in [4.69, 9.17) is 10.5 Å². The van der Waals surface area contributed by atoms with Crippen molar-refractivity contribution in [1.82, 2.24) is 10.3 Å². The number of nitrogens with zero attached hydrogens (tertiary/aromatic N) is 2. The number of nitrogens with one attached hydrogen (secondary N) is 1. The van der Waals surface area contributed by atoms with Crippen LogP contribution in [0, 0.1) is 5.82 Å². The van der Waals surface area contributed by atoms with Crippen molar-refractivity contribution in [3.63, 3.8) is 0 Å². The number of nitrogen functional groups attached to an aromatic ring is 1. The Bertz CT molecular complexity index is 1140. The van der Waals surface area contributed by atoms with E-state index in [1.54, 1.807) is 30.5 Å². The molecule has 0 radical (unpaired) electrons. The molecule has 1 unspecified atom stereocenters. The summed E-state index contributed by atoms with van der Waals surface area (Å²) in [4.78, 5) is 19.9. The molecule has 2 aliphatic rings. The number of carbonyl (C=O) groups excluding carboxylic acids is 1. The summed E-state index contributed by atoms with van der Waals surface area (Å²) >= 11 is 0. The topological polar surface area (TPSA) is 80.5 Å². The van der Waals surface area contributed by atoms with Gasteiger partial charge in [0, 0.05) is 54.1 Å². The molecule has 5 rings (SSSR count). The minimum absolute atomic E-state index is 0.122. The van der Waals surface area contributed by atoms with Gasteiger partial charge in [0.1, 0.15) is 17.4 Å². The summed E-state index contributed by atoms with van der Waals surface area (Å²) in [7, 11) is 0. The molecule has 3 heterocycles. The summed E-state index contributed by atoms with van der Waals surface area (Å²) in [5.74, 6) is 1.03. The van der Waals surface area contributed by atoms with Crippen LogP contribution in [0.4, 0.5) is 15.9 Å². The number of piperidine rings is 1. The van der Waals surface area contributed by atoms with Crippen molar-refractivity contribution in [2.75, 3.05) is 23.7 Å². The number of aromatic nitrogens is 1. The van der Waals surface area contributed by atoms with E-state index in [0.717, 1.165) is 43.1 Å². The second-order valence-electron chi connectivity index (χ2n) is 8.39. The first-order valence-corrected chi connectivity index (χ1v) is 10.8. The van der Waals surface area contributed by atoms with E-state index in [0.29, 0.717) is 11.3 Å². The van der Waals surface area contributed by atoms with Crippen LogP contribution in [0.25, 0.3) is 0 Å². The number of amides is 1. The van der Waals surface area contributed by atoms with Crippen LogP contribution in [0.3, 0.4) is 0 Å². The summed E-state index contributed by atoms with van der Waals surface area (Å²) < 4.78 is 20.2. The van der Waals surface area contributed by atoms with E-state index >= 15 is 0 Å². The summed E-state index contributed by atoms with van der Waals surface area (Å²) in [6.07, 6.45) is 2.51. The molecule has 3 N–H and O–H groups in total. The number of benzene rings is 2. The third-order valence-electron chi connectivity index (χ3n) is 6.57. The third-order valence-corrected chi connectivity index (χ3v) is 6.57. The molecule has 1 aromatic heterocycles. The Morgan fingerprint density at radius 2 is 1.91 bits per heavy atom. The summed E-state index contributed by atoms with van der Waals surface area (Å²) in [5, 5.41) is 2.89. The van der Waals surface area contributed by atoms with Crippen LogP contribution in [-0.4, -0.2) is 30.1 Å². The number of para-hydroxylation sites is 1. The Morgan fingerprint density at radius 1 is 1.16 bits per heavy atom. The standard InChI is InChI=1S/C25H25FN4O2/c26-20-7-3-1-5-17(20)16-29-24(31)23-25(19-6-2-4-8-21(19)32-23)10-13-30(14-11-25)22-15-18(27)9-12-28-22/h1-9,12,15,23H,10-11,13-14,16H2,(H2,27,28)(H,29,31). The smallest absolute Gasteiger partial charge is 0.262 e. The second kappa shape index (κ2) is 8.15. The van der Waals surface area contributed by atoms with Crippen LogP contribution in [-0.2, 0) is 16.8 Å². The van der Waals surface area contributed by atoms with Gasteiger partial charge in [-0.2, -0.15) is 0 Å². The highest BCUT2D eigenvalue weighted by atomic mass is 19.1. The minimum Gasteiger partial charge on any atom is -0.479 e. The van der Waals surface area contributed by atoms with E-state index in [1.807, 2.05) is 30.3 Å². The number of fused-ring (bicyclic) bond motifs is 2. The fraction of sp³-hybridized carbons (Fsp3) is 0.280. The lowest BCUT2D eigenvalue weighted by molar-refractivity contribution is -0.130. The Kier molecular flexibility index (Phi) is 5.17. The van der Waals surface area contributed by atoms with E-state index in [-0.39, 0.29) is 18.3 Å². The molecule has 1 fully saturated rings. The Balaban J connectivity index is 1.37. The Hall–Kier alpha value is -3.61. The highest BCUT2D eigenvalue weighted by Crippen LogP contribution is 2.49. The van der Waals surface area contributed by atoms with Crippen molar-refractivity contribution in [3.8, 4) is 5.75 Å². The average Bonchev–Trinajstić information content (AvgIpc) is 3.13. The van der Waals surface area contributed by atoms with Crippen LogP contribution in [0.5, 0.6) is 5.75 Å². The molecule has 3 aromatic rings. The Labute approximate surface area is 186 Å². The molecule has 1 amide bonds. The Morgan fingerprint density at radius 3 is 2.69 bits per heavy atom. The van der Waals surface area contributed by atoms with Crippen molar-refractivity contribution in [2.45, 2.75) is 30.9 Å². The van der Waals surface area contributed by atoms with Gasteiger partial charge in [0.05, 0.1) is 0 Å². The number of halogens is 1. The molecule has 7 heteroatoms. The number of ether oxygens (including phenoxy) is 1. The van der Waals surface area contributed by atoms with Gasteiger partial charge in [-0.05, 0) is 31.0 Å². The van der Waals surface area contributed by atoms with Crippen molar-refractivity contribution in [2.24, 2.45) is 0 Å². The SMILES string of the molecule is Nc1ccnc(N2CCC3(CC2)c2ccccc2OC3C(=O)NCc2ccccc2F)c1. The van der Waals surface area contributed by atoms with E-state index < -0.39 is 11.5 Å². The van der Waals surface area contributed by atoms with Crippen LogP contribution in [0.2, 0.25) is 0 Å². The van der Waals surface area contributed by atoms with Crippen LogP contribution in [0.1, 0.15) is 24.0 Å². The predicted octanol–water partition coefficient (Wildman–Crippen LogP) is 3.42. The van der Waals surface area contributed by atoms with Gasteiger partial charge in [-0.15, -0.1) is 0 Å². The predicted molar refractivity (Wildman–Crippen MR) is 121 cm³/mol. The lowest BCUT2D eigenvalue weighted by Gasteiger charge is -2.42. The zero-order chi connectivity index (χ0) is 22.1. The minimum atomic E-state index is -0.664. The maximum absolute atomic E-state index is 14.0. The highest BCUT2D eigenvalue weighted by molar-refractivity contribution is 5.85. The molecule has 164 valence electrons. The number of hydrogen-bond donors (Lipinski definition) is 2. The van der Waals surface area contributed by atoms with Crippen molar-refractivity contribution >= 4 is 17.4 Å². The number of pyridine rings is 1. The second-order valence-corrected chi connectivity index (χ2v) is 8.39. The van der Waals surface area contributed by atoms with Gasteiger partial charge in [0.15, 0.2) is 6.10 Å². The lowest BCUT2D eigenvalue weighted by atomic mass is 9.69. The van der Waals surface area contributed by atoms with E-state index in [9.17, 15) is 9.18 Å². The zero-order valence-corrected chi connectivity index (χ0v) is 17.6. The molecule has 0 aliphatic carbocycles. The molecule has 32 heavy (non-hydrogen) atoms. The number of hydrogen-bond acceptors (Lipinski definition) is 5. The molecule has 0 saturated carbocycles. The molecule has 6 nitrogen and oxygen atoms in total. The van der Waals surface area contributed by atoms with Gasteiger partial charge in [-0.1, -0.05) is 36.4 Å². The van der Waals surface area contributed by atoms with Crippen molar-refractivity contribution in [3.05, 3.63) is 83.8 Å². The van der Waals surface area contributed by atoms with Crippen LogP contribution < -0.4 is 20.7 Å². The maximum Gasteiger partial charge on any atom is 0.262 e. The lowest BCUT2D eigenvalue weighted by Crippen LogP contribution is -2.54. The third kappa shape index (κ3) is 3.53. The molecule has 2 aliphatic heterocycles. The zero-order valence-electron chi connectivity index (χ0n) is 17.6. The largest absolute Gasteiger partial charge is 0.479 e. The van der Waals surface area contributed by atoms with Gasteiger partial charge < -0.3 is 20.7 Å². The number of rotatable bonds is 4. The fourth-order valence-corrected chi connectivity index (χ4v) is 4.86. The van der Waals surface area contributed by atoms with Crippen LogP contribution >= 0.6 is 0 Å². The molecule has 0 bridgehead atoms. The van der Waals surface area contributed by atoms with Gasteiger partial charge in [0.25, 0.3) is 5.91 Å². The summed E-state index contributed by atoms with van der Waals surface area (Å²) in [6.45, 7) is 1.58. The molecule has 1 saturated heterocycles. The monoisotopic (exact) mass is 432 g/mol. The average molecular weight is 432 g/mol. The van der Waals surface area contributed by atoms with Gasteiger partial charge >= 0.3 is 0 Å². The fourth-order valence-electron chi connectivity index (χ4n) is 4.86. The first-order valence-electron chi connectivity index (χ1n) is 10.8. The normalized spacial score (nSPS) is 18.8. The first-order chi connectivity index (χ1) is 15.6.